The van der Waals surface area contributed by atoms with E-state index in [4.69, 9.17) is 0 Å². The third-order valence-electron chi connectivity index (χ3n) is 1.25. The summed E-state index contributed by atoms with van der Waals surface area (Å²) in [6, 6.07) is 0. The lowest BCUT2D eigenvalue weighted by Crippen LogP contribution is -2.03. The zero-order valence-electron chi connectivity index (χ0n) is 12.5. The van der Waals surface area contributed by atoms with Gasteiger partial charge in [-0.3, -0.25) is 0 Å². The van der Waals surface area contributed by atoms with Crippen LogP contribution in [0.2, 0.25) is 0 Å². The summed E-state index contributed by atoms with van der Waals surface area (Å²) in [5, 5.41) is 0. The number of rotatable bonds is 4. The van der Waals surface area contributed by atoms with Crippen LogP contribution in [-0.2, 0) is 19.1 Å². The molecule has 0 saturated heterocycles. The molecule has 0 saturated carbocycles. The van der Waals surface area contributed by atoms with Crippen molar-refractivity contribution in [2.75, 3.05) is 13.2 Å². The van der Waals surface area contributed by atoms with Crippen LogP contribution in [0.15, 0.2) is 24.3 Å². The van der Waals surface area contributed by atoms with Gasteiger partial charge in [-0.05, 0) is 27.7 Å². The number of hydrogen-bond acceptors (Lipinski definition) is 4. The summed E-state index contributed by atoms with van der Waals surface area (Å²) in [6.45, 7) is 18.4. The van der Waals surface area contributed by atoms with Gasteiger partial charge in [-0.25, -0.2) is 9.59 Å². The number of ether oxygens (including phenoxy) is 2. The fourth-order valence-corrected chi connectivity index (χ4v) is 0.509. The van der Waals surface area contributed by atoms with Crippen LogP contribution in [0.4, 0.5) is 0 Å². The molecule has 0 radical (unpaired) electrons. The Morgan fingerprint density at radius 3 is 1.11 bits per heavy atom. The van der Waals surface area contributed by atoms with E-state index in [0.29, 0.717) is 24.4 Å². The Balaban J connectivity index is -0.000000219. The Labute approximate surface area is 111 Å². The van der Waals surface area contributed by atoms with Crippen molar-refractivity contribution >= 4 is 11.9 Å². The molecule has 0 rings (SSSR count). The smallest absolute Gasteiger partial charge is 0.333 e. The Morgan fingerprint density at radius 1 is 0.833 bits per heavy atom. The van der Waals surface area contributed by atoms with Gasteiger partial charge in [0, 0.05) is 11.1 Å². The summed E-state index contributed by atoms with van der Waals surface area (Å²) < 4.78 is 9.13. The second kappa shape index (κ2) is 15.4. The first kappa shape index (κ1) is 21.7. The van der Waals surface area contributed by atoms with Gasteiger partial charge in [0.25, 0.3) is 0 Å². The zero-order chi connectivity index (χ0) is 15.1. The van der Waals surface area contributed by atoms with Crippen LogP contribution in [0.1, 0.15) is 41.5 Å². The second-order valence-corrected chi connectivity index (χ2v) is 3.00. The van der Waals surface area contributed by atoms with E-state index in [1.165, 1.54) is 0 Å². The van der Waals surface area contributed by atoms with Crippen molar-refractivity contribution in [3.05, 3.63) is 24.3 Å². The molecule has 0 heterocycles. The van der Waals surface area contributed by atoms with Gasteiger partial charge < -0.3 is 9.47 Å². The summed E-state index contributed by atoms with van der Waals surface area (Å²) in [5.41, 5.74) is 0.902. The SMILES string of the molecule is C=C(C)C(=O)OCC.C=C(C)C(=O)OCC.CC. The van der Waals surface area contributed by atoms with E-state index in [1.54, 1.807) is 27.7 Å². The number of carbonyl (C=O) groups is 2. The van der Waals surface area contributed by atoms with Gasteiger partial charge in [-0.15, -0.1) is 0 Å². The molecule has 0 spiro atoms. The fraction of sp³-hybridized carbons (Fsp3) is 0.571. The van der Waals surface area contributed by atoms with Crippen LogP contribution >= 0.6 is 0 Å². The summed E-state index contributed by atoms with van der Waals surface area (Å²) in [6.07, 6.45) is 0. The highest BCUT2D eigenvalue weighted by Crippen LogP contribution is 1.90. The highest BCUT2D eigenvalue weighted by Gasteiger charge is 1.98. The van der Waals surface area contributed by atoms with Crippen molar-refractivity contribution in [1.29, 1.82) is 0 Å². The molecule has 0 aromatic rings. The summed E-state index contributed by atoms with van der Waals surface area (Å²) >= 11 is 0. The quantitative estimate of drug-likeness (QED) is 0.573. The number of carbonyl (C=O) groups excluding carboxylic acids is 2. The third-order valence-corrected chi connectivity index (χ3v) is 1.25. The molecule has 0 aliphatic rings. The van der Waals surface area contributed by atoms with Crippen molar-refractivity contribution in [2.24, 2.45) is 0 Å². The first-order chi connectivity index (χ1) is 8.36. The van der Waals surface area contributed by atoms with Gasteiger partial charge in [0.1, 0.15) is 0 Å². The predicted molar refractivity (Wildman–Crippen MR) is 74.2 cm³/mol. The molecule has 0 aromatic carbocycles. The molecular formula is C14H26O4. The molecule has 0 aliphatic heterocycles. The van der Waals surface area contributed by atoms with Crippen molar-refractivity contribution in [2.45, 2.75) is 41.5 Å². The summed E-state index contributed by atoms with van der Waals surface area (Å²) in [7, 11) is 0. The average molecular weight is 258 g/mol. The first-order valence-electron chi connectivity index (χ1n) is 6.02. The Hall–Kier alpha value is -1.58. The number of hydrogen-bond donors (Lipinski definition) is 0. The van der Waals surface area contributed by atoms with Crippen LogP contribution in [0.25, 0.3) is 0 Å². The highest BCUT2D eigenvalue weighted by molar-refractivity contribution is 5.87. The third kappa shape index (κ3) is 16.8. The lowest BCUT2D eigenvalue weighted by molar-refractivity contribution is -0.139. The molecular weight excluding hydrogens is 232 g/mol. The molecule has 0 unspecified atom stereocenters. The van der Waals surface area contributed by atoms with E-state index in [1.807, 2.05) is 13.8 Å². The van der Waals surface area contributed by atoms with Gasteiger partial charge in [0.15, 0.2) is 0 Å². The minimum Gasteiger partial charge on any atom is -0.463 e. The largest absolute Gasteiger partial charge is 0.463 e. The normalized spacial score (nSPS) is 7.67. The van der Waals surface area contributed by atoms with Gasteiger partial charge in [-0.1, -0.05) is 27.0 Å². The van der Waals surface area contributed by atoms with Gasteiger partial charge in [0.2, 0.25) is 0 Å². The minimum absolute atomic E-state index is 0.312. The maximum absolute atomic E-state index is 10.4. The molecule has 0 fully saturated rings. The molecule has 4 heteroatoms. The van der Waals surface area contributed by atoms with Gasteiger partial charge in [-0.2, -0.15) is 0 Å². The highest BCUT2D eigenvalue weighted by atomic mass is 16.5. The maximum Gasteiger partial charge on any atom is 0.333 e. The Bertz CT molecular complexity index is 239. The first-order valence-corrected chi connectivity index (χ1v) is 6.02. The summed E-state index contributed by atoms with van der Waals surface area (Å²) in [4.78, 5) is 20.8. The van der Waals surface area contributed by atoms with E-state index in [0.717, 1.165) is 0 Å². The second-order valence-electron chi connectivity index (χ2n) is 3.00. The number of esters is 2. The van der Waals surface area contributed by atoms with Crippen molar-refractivity contribution in [3.8, 4) is 0 Å². The maximum atomic E-state index is 10.4. The lowest BCUT2D eigenvalue weighted by atomic mass is 10.4. The predicted octanol–water partition coefficient (Wildman–Crippen LogP) is 3.28. The average Bonchev–Trinajstić information content (AvgIpc) is 2.33. The molecule has 106 valence electrons. The van der Waals surface area contributed by atoms with Crippen molar-refractivity contribution < 1.29 is 19.1 Å². The van der Waals surface area contributed by atoms with E-state index in [9.17, 15) is 9.59 Å². The fourth-order valence-electron chi connectivity index (χ4n) is 0.509. The van der Waals surface area contributed by atoms with E-state index < -0.39 is 0 Å². The van der Waals surface area contributed by atoms with Crippen LogP contribution in [0, 0.1) is 0 Å². The van der Waals surface area contributed by atoms with Crippen LogP contribution in [0.5, 0.6) is 0 Å². The van der Waals surface area contributed by atoms with Crippen molar-refractivity contribution in [1.82, 2.24) is 0 Å². The molecule has 0 aromatic heterocycles. The van der Waals surface area contributed by atoms with Gasteiger partial charge in [0.05, 0.1) is 13.2 Å². The Kier molecular flexibility index (Phi) is 18.6. The van der Waals surface area contributed by atoms with Crippen molar-refractivity contribution in [3.63, 3.8) is 0 Å². The monoisotopic (exact) mass is 258 g/mol. The zero-order valence-corrected chi connectivity index (χ0v) is 12.5. The van der Waals surface area contributed by atoms with E-state index in [-0.39, 0.29) is 11.9 Å². The van der Waals surface area contributed by atoms with E-state index >= 15 is 0 Å². The van der Waals surface area contributed by atoms with Gasteiger partial charge >= 0.3 is 11.9 Å². The van der Waals surface area contributed by atoms with Crippen LogP contribution in [0.3, 0.4) is 0 Å². The molecule has 0 aliphatic carbocycles. The molecule has 18 heavy (non-hydrogen) atoms. The standard InChI is InChI=1S/2C6H10O2.C2H6/c2*1-4-8-6(7)5(2)3;1-2/h2*2,4H2,1,3H3;1-2H3. The minimum atomic E-state index is -0.312. The molecule has 0 N–H and O–H groups in total. The summed E-state index contributed by atoms with van der Waals surface area (Å²) in [5.74, 6) is -0.625. The lowest BCUT2D eigenvalue weighted by Gasteiger charge is -1.96. The van der Waals surface area contributed by atoms with Crippen LogP contribution < -0.4 is 0 Å². The Morgan fingerprint density at radius 2 is 1.06 bits per heavy atom. The molecule has 0 amide bonds. The molecule has 0 atom stereocenters. The molecule has 4 nitrogen and oxygen atoms in total. The van der Waals surface area contributed by atoms with E-state index in [2.05, 4.69) is 22.6 Å². The molecule has 0 bridgehead atoms. The van der Waals surface area contributed by atoms with Crippen LogP contribution in [-0.4, -0.2) is 25.2 Å². The topological polar surface area (TPSA) is 52.6 Å².